The summed E-state index contributed by atoms with van der Waals surface area (Å²) in [6.07, 6.45) is 2.74. The number of anilines is 1. The lowest BCUT2D eigenvalue weighted by Gasteiger charge is -2.15. The third-order valence-electron chi connectivity index (χ3n) is 4.17. The van der Waals surface area contributed by atoms with E-state index >= 15 is 0 Å². The topological polar surface area (TPSA) is 38.8 Å². The Balaban J connectivity index is 1.92. The van der Waals surface area contributed by atoms with Crippen molar-refractivity contribution in [2.45, 2.75) is 27.2 Å². The number of nitrogens with zero attached hydrogens (tertiary/aromatic N) is 1. The van der Waals surface area contributed by atoms with Crippen LogP contribution in [0, 0.1) is 6.92 Å². The molecule has 152 valence electrons. The first-order valence-corrected chi connectivity index (χ1v) is 11.4. The second kappa shape index (κ2) is 9.78. The second-order valence-electron chi connectivity index (χ2n) is 6.46. The molecule has 2 aromatic rings. The van der Waals surface area contributed by atoms with Crippen LogP contribution in [0.5, 0.6) is 11.5 Å². The van der Waals surface area contributed by atoms with Crippen molar-refractivity contribution in [2.75, 3.05) is 18.1 Å². The molecule has 1 aliphatic rings. The van der Waals surface area contributed by atoms with E-state index in [1.54, 1.807) is 4.90 Å². The van der Waals surface area contributed by atoms with E-state index in [0.29, 0.717) is 33.9 Å². The van der Waals surface area contributed by atoms with Crippen LogP contribution in [0.15, 0.2) is 45.8 Å². The molecule has 1 amide bonds. The summed E-state index contributed by atoms with van der Waals surface area (Å²) in [7, 11) is 0. The number of amides is 1. The van der Waals surface area contributed by atoms with Crippen molar-refractivity contribution < 1.29 is 14.3 Å². The second-order valence-corrected chi connectivity index (χ2v) is 8.99. The lowest BCUT2D eigenvalue weighted by Crippen LogP contribution is -2.27. The van der Waals surface area contributed by atoms with Gasteiger partial charge in [0.05, 0.1) is 28.3 Å². The zero-order valence-electron chi connectivity index (χ0n) is 16.5. The number of thiocarbonyl (C=S) groups is 1. The highest BCUT2D eigenvalue weighted by Crippen LogP contribution is 2.40. The first-order valence-electron chi connectivity index (χ1n) is 9.38. The monoisotopic (exact) mass is 491 g/mol. The van der Waals surface area contributed by atoms with Crippen LogP contribution in [-0.2, 0) is 4.79 Å². The molecule has 4 nitrogen and oxygen atoms in total. The molecule has 0 bridgehead atoms. The summed E-state index contributed by atoms with van der Waals surface area (Å²) in [5.41, 5.74) is 2.75. The standard InChI is InChI=1S/C22H22BrNO3S2/c1-4-10-27-20-17(23)11-15(12-18(20)26-5-2)13-19-21(25)24(22(28)29-19)16-8-6-14(3)7-9-16/h6-9,11-13H,4-5,10H2,1-3H3/b19-13+. The number of hydrogen-bond donors (Lipinski definition) is 0. The number of hydrogen-bond acceptors (Lipinski definition) is 5. The molecule has 3 rings (SSSR count). The highest BCUT2D eigenvalue weighted by molar-refractivity contribution is 9.10. The van der Waals surface area contributed by atoms with E-state index in [1.165, 1.54) is 11.8 Å². The lowest BCUT2D eigenvalue weighted by atomic mass is 10.1. The first kappa shape index (κ1) is 21.9. The molecule has 29 heavy (non-hydrogen) atoms. The molecule has 1 saturated heterocycles. The van der Waals surface area contributed by atoms with Gasteiger partial charge < -0.3 is 9.47 Å². The Morgan fingerprint density at radius 2 is 1.90 bits per heavy atom. The van der Waals surface area contributed by atoms with E-state index in [0.717, 1.165) is 27.7 Å². The van der Waals surface area contributed by atoms with E-state index in [-0.39, 0.29) is 5.91 Å². The summed E-state index contributed by atoms with van der Waals surface area (Å²) in [6, 6.07) is 11.6. The van der Waals surface area contributed by atoms with Crippen molar-refractivity contribution in [1.29, 1.82) is 0 Å². The lowest BCUT2D eigenvalue weighted by molar-refractivity contribution is -0.113. The smallest absolute Gasteiger partial charge is 0.270 e. The number of carbonyl (C=O) groups excluding carboxylic acids is 1. The molecule has 0 radical (unpaired) electrons. The summed E-state index contributed by atoms with van der Waals surface area (Å²) in [5.74, 6) is 1.21. The van der Waals surface area contributed by atoms with Crippen LogP contribution in [-0.4, -0.2) is 23.4 Å². The van der Waals surface area contributed by atoms with Crippen LogP contribution in [0.1, 0.15) is 31.4 Å². The predicted octanol–water partition coefficient (Wildman–Crippen LogP) is 6.35. The fourth-order valence-electron chi connectivity index (χ4n) is 2.81. The molecule has 1 fully saturated rings. The van der Waals surface area contributed by atoms with Crippen molar-refractivity contribution in [3.63, 3.8) is 0 Å². The average molecular weight is 492 g/mol. The highest BCUT2D eigenvalue weighted by atomic mass is 79.9. The number of thioether (sulfide) groups is 1. The van der Waals surface area contributed by atoms with Crippen LogP contribution in [0.25, 0.3) is 6.08 Å². The summed E-state index contributed by atoms with van der Waals surface area (Å²) in [6.45, 7) is 7.12. The Hall–Kier alpha value is -1.83. The van der Waals surface area contributed by atoms with E-state index in [1.807, 2.05) is 56.3 Å². The molecule has 2 aromatic carbocycles. The van der Waals surface area contributed by atoms with Crippen LogP contribution < -0.4 is 14.4 Å². The molecule has 0 atom stereocenters. The van der Waals surface area contributed by atoms with Gasteiger partial charge in [-0.15, -0.1) is 0 Å². The number of halogens is 1. The van der Waals surface area contributed by atoms with Crippen LogP contribution in [0.4, 0.5) is 5.69 Å². The zero-order chi connectivity index (χ0) is 21.0. The minimum Gasteiger partial charge on any atom is -0.490 e. The van der Waals surface area contributed by atoms with Gasteiger partial charge in [0.2, 0.25) is 0 Å². The van der Waals surface area contributed by atoms with Crippen LogP contribution in [0.3, 0.4) is 0 Å². The Bertz CT molecular complexity index is 957. The fourth-order valence-corrected chi connectivity index (χ4v) is 4.69. The molecule has 1 aliphatic heterocycles. The fraction of sp³-hybridized carbons (Fsp3) is 0.273. The van der Waals surface area contributed by atoms with Gasteiger partial charge in [-0.3, -0.25) is 9.69 Å². The Morgan fingerprint density at radius 3 is 2.55 bits per heavy atom. The van der Waals surface area contributed by atoms with Gasteiger partial charge >= 0.3 is 0 Å². The van der Waals surface area contributed by atoms with Crippen molar-refractivity contribution in [3.8, 4) is 11.5 Å². The summed E-state index contributed by atoms with van der Waals surface area (Å²) >= 11 is 10.3. The predicted molar refractivity (Wildman–Crippen MR) is 128 cm³/mol. The normalized spacial score (nSPS) is 15.3. The largest absolute Gasteiger partial charge is 0.490 e. The molecule has 7 heteroatoms. The van der Waals surface area contributed by atoms with Crippen molar-refractivity contribution in [2.24, 2.45) is 0 Å². The molecule has 0 aromatic heterocycles. The van der Waals surface area contributed by atoms with E-state index in [9.17, 15) is 4.79 Å². The number of ether oxygens (including phenoxy) is 2. The van der Waals surface area contributed by atoms with Gasteiger partial charge in [-0.05, 0) is 72.1 Å². The number of rotatable bonds is 7. The van der Waals surface area contributed by atoms with Gasteiger partial charge in [-0.2, -0.15) is 0 Å². The molecule has 0 unspecified atom stereocenters. The summed E-state index contributed by atoms with van der Waals surface area (Å²) < 4.78 is 12.9. The number of carbonyl (C=O) groups is 1. The minimum atomic E-state index is -0.121. The van der Waals surface area contributed by atoms with Crippen molar-refractivity contribution >= 4 is 61.9 Å². The van der Waals surface area contributed by atoms with Gasteiger partial charge in [0.1, 0.15) is 0 Å². The Morgan fingerprint density at radius 1 is 1.17 bits per heavy atom. The van der Waals surface area contributed by atoms with E-state index < -0.39 is 0 Å². The maximum atomic E-state index is 13.0. The molecular weight excluding hydrogens is 470 g/mol. The van der Waals surface area contributed by atoms with Crippen LogP contribution >= 0.6 is 39.9 Å². The minimum absolute atomic E-state index is 0.121. The SMILES string of the molecule is CCCOc1c(Br)cc(/C=C2/SC(=S)N(c3ccc(C)cc3)C2=O)cc1OCC. The van der Waals surface area contributed by atoms with E-state index in [2.05, 4.69) is 22.9 Å². The molecule has 0 spiro atoms. The summed E-state index contributed by atoms with van der Waals surface area (Å²) in [4.78, 5) is 15.1. The zero-order valence-corrected chi connectivity index (χ0v) is 19.7. The van der Waals surface area contributed by atoms with Crippen molar-refractivity contribution in [3.05, 3.63) is 56.9 Å². The Labute approximate surface area is 189 Å². The number of aryl methyl sites for hydroxylation is 1. The molecular formula is C22H22BrNO3S2. The first-order chi connectivity index (χ1) is 13.9. The molecule has 0 saturated carbocycles. The number of benzene rings is 2. The third-order valence-corrected chi connectivity index (χ3v) is 6.06. The third kappa shape index (κ3) is 5.02. The van der Waals surface area contributed by atoms with Crippen LogP contribution in [0.2, 0.25) is 0 Å². The maximum absolute atomic E-state index is 13.0. The van der Waals surface area contributed by atoms with E-state index in [4.69, 9.17) is 21.7 Å². The Kier molecular flexibility index (Phi) is 7.38. The van der Waals surface area contributed by atoms with Gasteiger partial charge in [0.15, 0.2) is 15.8 Å². The quantitative estimate of drug-likeness (QED) is 0.333. The molecule has 1 heterocycles. The van der Waals surface area contributed by atoms with Gasteiger partial charge in [0, 0.05) is 0 Å². The van der Waals surface area contributed by atoms with Gasteiger partial charge in [0.25, 0.3) is 5.91 Å². The summed E-state index contributed by atoms with van der Waals surface area (Å²) in [5, 5.41) is 0. The maximum Gasteiger partial charge on any atom is 0.270 e. The van der Waals surface area contributed by atoms with Crippen molar-refractivity contribution in [1.82, 2.24) is 0 Å². The van der Waals surface area contributed by atoms with Gasteiger partial charge in [-0.25, -0.2) is 0 Å². The molecule has 0 aliphatic carbocycles. The average Bonchev–Trinajstić information content (AvgIpc) is 2.95. The highest BCUT2D eigenvalue weighted by Gasteiger charge is 2.33. The van der Waals surface area contributed by atoms with Gasteiger partial charge in [-0.1, -0.05) is 48.6 Å². The molecule has 0 N–H and O–H groups in total.